The van der Waals surface area contributed by atoms with Gasteiger partial charge >= 0.3 is 0 Å². The van der Waals surface area contributed by atoms with E-state index < -0.39 is 0 Å². The van der Waals surface area contributed by atoms with Crippen LogP contribution >= 0.6 is 0 Å². The number of rotatable bonds is 8. The first-order valence-electron chi connectivity index (χ1n) is 6.50. The van der Waals surface area contributed by atoms with Crippen molar-refractivity contribution in [2.45, 2.75) is 19.8 Å². The Bertz CT molecular complexity index is 446. The molecule has 0 atom stereocenters. The van der Waals surface area contributed by atoms with Crippen molar-refractivity contribution < 1.29 is 14.3 Å². The number of ether oxygens (including phenoxy) is 1. The first kappa shape index (κ1) is 16.1. The van der Waals surface area contributed by atoms with Crippen LogP contribution in [-0.4, -0.2) is 65.7 Å². The summed E-state index contributed by atoms with van der Waals surface area (Å²) < 4.78 is 4.88. The van der Waals surface area contributed by atoms with Crippen molar-refractivity contribution in [3.8, 4) is 0 Å². The SMILES string of the molecule is CCc1nc(C(=O)N(C)CC(=O)NCCCOC)n[nH]1. The van der Waals surface area contributed by atoms with Gasteiger partial charge in [-0.3, -0.25) is 14.7 Å². The topological polar surface area (TPSA) is 100 Å². The van der Waals surface area contributed by atoms with Crippen LogP contribution in [0.4, 0.5) is 0 Å². The van der Waals surface area contributed by atoms with Crippen molar-refractivity contribution in [2.75, 3.05) is 33.9 Å². The second-order valence-electron chi connectivity index (χ2n) is 4.32. The molecular weight excluding hydrogens is 262 g/mol. The largest absolute Gasteiger partial charge is 0.385 e. The van der Waals surface area contributed by atoms with Crippen molar-refractivity contribution in [3.63, 3.8) is 0 Å². The Morgan fingerprint density at radius 3 is 2.80 bits per heavy atom. The van der Waals surface area contributed by atoms with Gasteiger partial charge in [-0.2, -0.15) is 0 Å². The van der Waals surface area contributed by atoms with E-state index in [0.717, 1.165) is 6.42 Å². The van der Waals surface area contributed by atoms with Crippen LogP contribution in [0.15, 0.2) is 0 Å². The number of aromatic amines is 1. The van der Waals surface area contributed by atoms with Crippen molar-refractivity contribution in [1.82, 2.24) is 25.4 Å². The summed E-state index contributed by atoms with van der Waals surface area (Å²) in [5.41, 5.74) is 0. The van der Waals surface area contributed by atoms with E-state index in [1.807, 2.05) is 6.92 Å². The van der Waals surface area contributed by atoms with Crippen molar-refractivity contribution in [3.05, 3.63) is 11.6 Å². The molecule has 1 rings (SSSR count). The lowest BCUT2D eigenvalue weighted by atomic mass is 10.4. The standard InChI is InChI=1S/C12H21N5O3/c1-4-9-14-11(16-15-9)12(19)17(2)8-10(18)13-6-5-7-20-3/h4-8H2,1-3H3,(H,13,18)(H,14,15,16). The van der Waals surface area contributed by atoms with Crippen LogP contribution in [0.2, 0.25) is 0 Å². The van der Waals surface area contributed by atoms with Gasteiger partial charge in [-0.1, -0.05) is 6.92 Å². The zero-order chi connectivity index (χ0) is 15.0. The Labute approximate surface area is 117 Å². The zero-order valence-electron chi connectivity index (χ0n) is 12.1. The van der Waals surface area contributed by atoms with Gasteiger partial charge in [-0.25, -0.2) is 4.98 Å². The molecule has 0 radical (unpaired) electrons. The Kier molecular flexibility index (Phi) is 6.65. The van der Waals surface area contributed by atoms with Gasteiger partial charge in [0.1, 0.15) is 5.82 Å². The number of aromatic nitrogens is 3. The fourth-order valence-corrected chi connectivity index (χ4v) is 1.51. The van der Waals surface area contributed by atoms with Crippen LogP contribution in [0.3, 0.4) is 0 Å². The van der Waals surface area contributed by atoms with Crippen LogP contribution in [0, 0.1) is 0 Å². The summed E-state index contributed by atoms with van der Waals surface area (Å²) in [7, 11) is 3.15. The van der Waals surface area contributed by atoms with Crippen LogP contribution in [0.1, 0.15) is 29.8 Å². The van der Waals surface area contributed by atoms with E-state index >= 15 is 0 Å². The van der Waals surface area contributed by atoms with E-state index in [4.69, 9.17) is 4.74 Å². The highest BCUT2D eigenvalue weighted by Crippen LogP contribution is 1.98. The van der Waals surface area contributed by atoms with E-state index in [0.29, 0.717) is 25.4 Å². The van der Waals surface area contributed by atoms with E-state index in [2.05, 4.69) is 20.5 Å². The Morgan fingerprint density at radius 1 is 1.45 bits per heavy atom. The number of methoxy groups -OCH3 is 1. The third-order valence-electron chi connectivity index (χ3n) is 2.63. The summed E-state index contributed by atoms with van der Waals surface area (Å²) in [5.74, 6) is 0.124. The third-order valence-corrected chi connectivity index (χ3v) is 2.63. The van der Waals surface area contributed by atoms with E-state index in [-0.39, 0.29) is 24.2 Å². The predicted octanol–water partition coefficient (Wildman–Crippen LogP) is -0.408. The maximum atomic E-state index is 12.0. The van der Waals surface area contributed by atoms with Crippen molar-refractivity contribution in [1.29, 1.82) is 0 Å². The first-order valence-corrected chi connectivity index (χ1v) is 6.50. The molecule has 8 heteroatoms. The number of carbonyl (C=O) groups is 2. The molecule has 0 aromatic carbocycles. The molecule has 0 spiro atoms. The number of carbonyl (C=O) groups excluding carboxylic acids is 2. The summed E-state index contributed by atoms with van der Waals surface area (Å²) >= 11 is 0. The minimum Gasteiger partial charge on any atom is -0.385 e. The minimum absolute atomic E-state index is 0.0260. The molecule has 112 valence electrons. The van der Waals surface area contributed by atoms with Gasteiger partial charge in [0.25, 0.3) is 5.91 Å². The van der Waals surface area contributed by atoms with Crippen molar-refractivity contribution in [2.24, 2.45) is 0 Å². The van der Waals surface area contributed by atoms with Gasteiger partial charge in [-0.15, -0.1) is 5.10 Å². The predicted molar refractivity (Wildman–Crippen MR) is 72.2 cm³/mol. The number of nitrogens with zero attached hydrogens (tertiary/aromatic N) is 3. The summed E-state index contributed by atoms with van der Waals surface area (Å²) in [6, 6.07) is 0. The first-order chi connectivity index (χ1) is 9.58. The zero-order valence-corrected chi connectivity index (χ0v) is 12.1. The van der Waals surface area contributed by atoms with Crippen LogP contribution in [0.25, 0.3) is 0 Å². The fraction of sp³-hybridized carbons (Fsp3) is 0.667. The average Bonchev–Trinajstić information content (AvgIpc) is 2.91. The molecule has 0 aliphatic heterocycles. The van der Waals surface area contributed by atoms with E-state index in [1.54, 1.807) is 14.2 Å². The van der Waals surface area contributed by atoms with Gasteiger partial charge in [-0.05, 0) is 6.42 Å². The molecule has 1 heterocycles. The quantitative estimate of drug-likeness (QED) is 0.632. The smallest absolute Gasteiger partial charge is 0.293 e. The lowest BCUT2D eigenvalue weighted by Crippen LogP contribution is -2.39. The average molecular weight is 283 g/mol. The molecule has 8 nitrogen and oxygen atoms in total. The summed E-state index contributed by atoms with van der Waals surface area (Å²) in [4.78, 5) is 28.9. The number of likely N-dealkylation sites (N-methyl/N-ethyl adjacent to an activating group) is 1. The van der Waals surface area contributed by atoms with Gasteiger partial charge in [0.2, 0.25) is 11.7 Å². The third kappa shape index (κ3) is 4.96. The minimum atomic E-state index is -0.381. The molecule has 0 saturated carbocycles. The molecule has 0 aliphatic carbocycles. The Hall–Kier alpha value is -1.96. The second kappa shape index (κ2) is 8.26. The molecule has 0 fully saturated rings. The molecule has 0 unspecified atom stereocenters. The highest BCUT2D eigenvalue weighted by atomic mass is 16.5. The van der Waals surface area contributed by atoms with Gasteiger partial charge < -0.3 is 15.0 Å². The highest BCUT2D eigenvalue weighted by Gasteiger charge is 2.18. The highest BCUT2D eigenvalue weighted by molar-refractivity contribution is 5.93. The Morgan fingerprint density at radius 2 is 2.20 bits per heavy atom. The maximum absolute atomic E-state index is 12.0. The molecule has 1 aromatic heterocycles. The molecule has 2 N–H and O–H groups in total. The molecule has 20 heavy (non-hydrogen) atoms. The van der Waals surface area contributed by atoms with Crippen molar-refractivity contribution >= 4 is 11.8 Å². The molecule has 0 bridgehead atoms. The van der Waals surface area contributed by atoms with E-state index in [1.165, 1.54) is 4.90 Å². The molecule has 0 aliphatic rings. The van der Waals surface area contributed by atoms with Crippen LogP contribution in [-0.2, 0) is 16.0 Å². The molecule has 0 saturated heterocycles. The summed E-state index contributed by atoms with van der Waals surface area (Å²) in [6.07, 6.45) is 1.41. The lowest BCUT2D eigenvalue weighted by Gasteiger charge is -2.14. The maximum Gasteiger partial charge on any atom is 0.293 e. The number of aryl methyl sites for hydroxylation is 1. The summed E-state index contributed by atoms with van der Waals surface area (Å²) in [5, 5.41) is 9.21. The lowest BCUT2D eigenvalue weighted by molar-refractivity contribution is -0.121. The molecule has 1 aromatic rings. The molecular formula is C12H21N5O3. The number of amides is 2. The number of nitrogens with one attached hydrogen (secondary N) is 2. The summed E-state index contributed by atoms with van der Waals surface area (Å²) in [6.45, 7) is 3.00. The Balaban J connectivity index is 2.39. The van der Waals surface area contributed by atoms with E-state index in [9.17, 15) is 9.59 Å². The second-order valence-corrected chi connectivity index (χ2v) is 4.32. The number of H-pyrrole nitrogens is 1. The normalized spacial score (nSPS) is 10.3. The van der Waals surface area contributed by atoms with Crippen LogP contribution in [0.5, 0.6) is 0 Å². The van der Waals surface area contributed by atoms with Gasteiger partial charge in [0.05, 0.1) is 6.54 Å². The fourth-order valence-electron chi connectivity index (χ4n) is 1.51. The van der Waals surface area contributed by atoms with Crippen LogP contribution < -0.4 is 5.32 Å². The number of hydrogen-bond acceptors (Lipinski definition) is 5. The molecule has 2 amide bonds. The van der Waals surface area contributed by atoms with Gasteiger partial charge in [0.15, 0.2) is 0 Å². The monoisotopic (exact) mass is 283 g/mol. The van der Waals surface area contributed by atoms with Gasteiger partial charge in [0, 0.05) is 33.7 Å². The number of hydrogen-bond donors (Lipinski definition) is 2.